The number of hydrogen-bond donors (Lipinski definition) is 0. The van der Waals surface area contributed by atoms with Crippen molar-refractivity contribution in [2.24, 2.45) is 53.3 Å². The van der Waals surface area contributed by atoms with E-state index in [0.717, 1.165) is 53.3 Å². The number of hydrogen-bond acceptors (Lipinski definition) is 1. The second-order valence-electron chi connectivity index (χ2n) is 8.20. The Balaban J connectivity index is 1.46. The topological polar surface area (TPSA) is 9.23 Å². The van der Waals surface area contributed by atoms with Gasteiger partial charge in [-0.05, 0) is 72.5 Å². The molecule has 6 rings (SSSR count). The Kier molecular flexibility index (Phi) is 1.46. The standard InChI is InChI=1S/C17H22O/c1-7-4-10-6-11(7)15-14(10)16-12-8-2-3-9(5-8)13(12)17(15)18-16/h2-3,7-17H,4-6H2,1H3. The Labute approximate surface area is 109 Å². The second kappa shape index (κ2) is 2.75. The first-order valence-corrected chi connectivity index (χ1v) is 8.16. The molecular formula is C17H22O. The molecule has 2 aliphatic heterocycles. The Hall–Kier alpha value is -0.300. The molecule has 11 atom stereocenters. The van der Waals surface area contributed by atoms with E-state index in [9.17, 15) is 0 Å². The molecule has 0 aromatic heterocycles. The molecule has 18 heavy (non-hydrogen) atoms. The first-order chi connectivity index (χ1) is 8.83. The molecule has 0 radical (unpaired) electrons. The predicted molar refractivity (Wildman–Crippen MR) is 68.7 cm³/mol. The fraction of sp³-hybridized carbons (Fsp3) is 0.882. The van der Waals surface area contributed by atoms with E-state index < -0.39 is 0 Å². The molecule has 0 aromatic carbocycles. The quantitative estimate of drug-likeness (QED) is 0.593. The van der Waals surface area contributed by atoms with E-state index in [-0.39, 0.29) is 0 Å². The monoisotopic (exact) mass is 242 g/mol. The zero-order chi connectivity index (χ0) is 11.6. The zero-order valence-corrected chi connectivity index (χ0v) is 11.0. The molecule has 96 valence electrons. The molecular weight excluding hydrogens is 220 g/mol. The van der Waals surface area contributed by atoms with E-state index in [1.807, 2.05) is 0 Å². The van der Waals surface area contributed by atoms with Crippen LogP contribution in [0.25, 0.3) is 0 Å². The van der Waals surface area contributed by atoms with Gasteiger partial charge in [0.2, 0.25) is 0 Å². The van der Waals surface area contributed by atoms with Crippen LogP contribution in [0.5, 0.6) is 0 Å². The maximum atomic E-state index is 6.58. The van der Waals surface area contributed by atoms with Crippen LogP contribution >= 0.6 is 0 Å². The summed E-state index contributed by atoms with van der Waals surface area (Å²) in [5.41, 5.74) is 0. The lowest BCUT2D eigenvalue weighted by molar-refractivity contribution is 0.0450. The van der Waals surface area contributed by atoms with E-state index >= 15 is 0 Å². The van der Waals surface area contributed by atoms with Crippen molar-refractivity contribution in [3.05, 3.63) is 12.2 Å². The van der Waals surface area contributed by atoms with Crippen molar-refractivity contribution in [3.8, 4) is 0 Å². The lowest BCUT2D eigenvalue weighted by Crippen LogP contribution is -2.45. The molecule has 0 spiro atoms. The Morgan fingerprint density at radius 3 is 2.33 bits per heavy atom. The number of rotatable bonds is 0. The van der Waals surface area contributed by atoms with Crippen molar-refractivity contribution in [2.75, 3.05) is 0 Å². The van der Waals surface area contributed by atoms with Crippen molar-refractivity contribution in [3.63, 3.8) is 0 Å². The summed E-state index contributed by atoms with van der Waals surface area (Å²) in [7, 11) is 0. The van der Waals surface area contributed by atoms with E-state index in [4.69, 9.17) is 4.74 Å². The molecule has 2 heterocycles. The molecule has 4 aliphatic carbocycles. The second-order valence-corrected chi connectivity index (χ2v) is 8.20. The number of allylic oxidation sites excluding steroid dienone is 2. The van der Waals surface area contributed by atoms with Crippen LogP contribution in [0.15, 0.2) is 12.2 Å². The van der Waals surface area contributed by atoms with Crippen molar-refractivity contribution < 1.29 is 4.74 Å². The fourth-order valence-electron chi connectivity index (χ4n) is 7.61. The predicted octanol–water partition coefficient (Wildman–Crippen LogP) is 3.11. The highest BCUT2D eigenvalue weighted by molar-refractivity contribution is 5.25. The molecule has 1 nitrogen and oxygen atoms in total. The van der Waals surface area contributed by atoms with Crippen molar-refractivity contribution >= 4 is 0 Å². The molecule has 2 saturated heterocycles. The van der Waals surface area contributed by atoms with Gasteiger partial charge in [0.25, 0.3) is 0 Å². The molecule has 6 aliphatic rings. The first kappa shape index (κ1) is 9.58. The minimum atomic E-state index is 0.669. The maximum absolute atomic E-state index is 6.58. The van der Waals surface area contributed by atoms with Crippen molar-refractivity contribution in [1.82, 2.24) is 0 Å². The third-order valence-electron chi connectivity index (χ3n) is 7.88. The summed E-state index contributed by atoms with van der Waals surface area (Å²) in [5.74, 6) is 8.65. The third-order valence-corrected chi connectivity index (χ3v) is 7.88. The molecule has 0 amide bonds. The van der Waals surface area contributed by atoms with Crippen LogP contribution in [-0.4, -0.2) is 12.2 Å². The average Bonchev–Trinajstić information content (AvgIpc) is 3.14. The summed E-state index contributed by atoms with van der Waals surface area (Å²) in [5, 5.41) is 0. The van der Waals surface area contributed by atoms with Gasteiger partial charge in [0.05, 0.1) is 12.2 Å². The van der Waals surface area contributed by atoms with Gasteiger partial charge in [-0.25, -0.2) is 0 Å². The summed E-state index contributed by atoms with van der Waals surface area (Å²) >= 11 is 0. The largest absolute Gasteiger partial charge is 0.374 e. The summed E-state index contributed by atoms with van der Waals surface area (Å²) in [6, 6.07) is 0. The van der Waals surface area contributed by atoms with E-state index in [0.29, 0.717) is 12.2 Å². The molecule has 0 aromatic rings. The summed E-state index contributed by atoms with van der Waals surface area (Å²) in [4.78, 5) is 0. The lowest BCUT2D eigenvalue weighted by Gasteiger charge is -2.42. The minimum Gasteiger partial charge on any atom is -0.374 e. The molecule has 5 fully saturated rings. The van der Waals surface area contributed by atoms with Crippen LogP contribution in [-0.2, 0) is 4.74 Å². The van der Waals surface area contributed by atoms with Gasteiger partial charge in [0.15, 0.2) is 0 Å². The number of fused-ring (bicyclic) bond motifs is 16. The molecule has 6 bridgehead atoms. The van der Waals surface area contributed by atoms with Gasteiger partial charge in [0.1, 0.15) is 0 Å². The SMILES string of the molecule is CC1CC2CC1C1C3OC(C4C5C=CC(C5)C34)C21. The van der Waals surface area contributed by atoms with Gasteiger partial charge in [-0.2, -0.15) is 0 Å². The summed E-state index contributed by atoms with van der Waals surface area (Å²) < 4.78 is 6.58. The van der Waals surface area contributed by atoms with Crippen molar-refractivity contribution in [2.45, 2.75) is 38.4 Å². The fourth-order valence-corrected chi connectivity index (χ4v) is 7.61. The van der Waals surface area contributed by atoms with E-state index in [2.05, 4.69) is 19.1 Å². The Morgan fingerprint density at radius 2 is 1.56 bits per heavy atom. The van der Waals surface area contributed by atoms with Crippen LogP contribution in [0.1, 0.15) is 26.2 Å². The first-order valence-electron chi connectivity index (χ1n) is 8.16. The normalized spacial score (nSPS) is 73.3. The highest BCUT2D eigenvalue weighted by atomic mass is 16.5. The van der Waals surface area contributed by atoms with Crippen LogP contribution in [0.2, 0.25) is 0 Å². The summed E-state index contributed by atoms with van der Waals surface area (Å²) in [6.45, 7) is 2.51. The average molecular weight is 242 g/mol. The van der Waals surface area contributed by atoms with Gasteiger partial charge in [-0.1, -0.05) is 19.1 Å². The van der Waals surface area contributed by atoms with Crippen LogP contribution in [0.4, 0.5) is 0 Å². The number of ether oxygens (including phenoxy) is 1. The van der Waals surface area contributed by atoms with Gasteiger partial charge in [-0.15, -0.1) is 0 Å². The molecule has 3 saturated carbocycles. The smallest absolute Gasteiger partial charge is 0.0651 e. The lowest BCUT2D eigenvalue weighted by atomic mass is 9.59. The molecule has 0 N–H and O–H groups in total. The molecule has 1 heteroatoms. The minimum absolute atomic E-state index is 0.669. The Bertz CT molecular complexity index is 455. The van der Waals surface area contributed by atoms with Crippen molar-refractivity contribution in [1.29, 1.82) is 0 Å². The summed E-state index contributed by atoms with van der Waals surface area (Å²) in [6.07, 6.45) is 10.9. The van der Waals surface area contributed by atoms with Gasteiger partial charge < -0.3 is 4.74 Å². The van der Waals surface area contributed by atoms with Crippen LogP contribution in [0, 0.1) is 53.3 Å². The maximum Gasteiger partial charge on any atom is 0.0651 e. The van der Waals surface area contributed by atoms with Crippen LogP contribution in [0.3, 0.4) is 0 Å². The van der Waals surface area contributed by atoms with E-state index in [1.54, 1.807) is 6.42 Å². The van der Waals surface area contributed by atoms with E-state index in [1.165, 1.54) is 12.8 Å². The zero-order valence-electron chi connectivity index (χ0n) is 11.0. The van der Waals surface area contributed by atoms with Crippen LogP contribution < -0.4 is 0 Å². The van der Waals surface area contributed by atoms with Gasteiger partial charge in [0, 0.05) is 0 Å². The molecule has 11 unspecified atom stereocenters. The third kappa shape index (κ3) is 0.810. The highest BCUT2D eigenvalue weighted by Gasteiger charge is 2.71. The van der Waals surface area contributed by atoms with Gasteiger partial charge in [-0.3, -0.25) is 0 Å². The Morgan fingerprint density at radius 1 is 0.833 bits per heavy atom. The highest BCUT2D eigenvalue weighted by Crippen LogP contribution is 2.71. The van der Waals surface area contributed by atoms with Gasteiger partial charge >= 0.3 is 0 Å².